The molecule has 3 aromatic rings. The Hall–Kier alpha value is -4.35. The second-order valence-corrected chi connectivity index (χ2v) is 10.8. The zero-order valence-corrected chi connectivity index (χ0v) is 23.2. The molecular weight excluding hydrogens is 570 g/mol. The molecule has 4 N–H and O–H groups in total. The van der Waals surface area contributed by atoms with Gasteiger partial charge in [0.25, 0.3) is 0 Å². The Kier molecular flexibility index (Phi) is 8.24. The summed E-state index contributed by atoms with van der Waals surface area (Å²) in [5.41, 5.74) is 2.13. The predicted molar refractivity (Wildman–Crippen MR) is 153 cm³/mol. The molecule has 2 aliphatic rings. The van der Waals surface area contributed by atoms with Gasteiger partial charge in [0.2, 0.25) is 11.8 Å². The molecule has 3 heterocycles. The van der Waals surface area contributed by atoms with Crippen LogP contribution in [-0.4, -0.2) is 50.7 Å². The lowest BCUT2D eigenvalue weighted by Gasteiger charge is -2.35. The number of amides is 3. The third kappa shape index (κ3) is 5.97. The van der Waals surface area contributed by atoms with Gasteiger partial charge in [0.05, 0.1) is 34.1 Å². The van der Waals surface area contributed by atoms with Gasteiger partial charge < -0.3 is 20.4 Å². The molecule has 9 nitrogen and oxygen atoms in total. The largest absolute Gasteiger partial charge is 0.465 e. The fourth-order valence-electron chi connectivity index (χ4n) is 5.41. The molecule has 1 aromatic heterocycles. The molecule has 42 heavy (non-hydrogen) atoms. The van der Waals surface area contributed by atoms with E-state index in [9.17, 15) is 28.3 Å². The van der Waals surface area contributed by atoms with E-state index in [1.165, 1.54) is 17.0 Å². The summed E-state index contributed by atoms with van der Waals surface area (Å²) < 4.78 is 29.2. The van der Waals surface area contributed by atoms with Crippen LogP contribution in [0.15, 0.2) is 54.7 Å². The number of aliphatic hydroxyl groups is 1. The van der Waals surface area contributed by atoms with E-state index in [0.717, 1.165) is 12.1 Å². The van der Waals surface area contributed by atoms with Crippen molar-refractivity contribution in [2.24, 2.45) is 5.92 Å². The van der Waals surface area contributed by atoms with Crippen LogP contribution in [0.4, 0.5) is 25.0 Å². The Morgan fingerprint density at radius 3 is 2.67 bits per heavy atom. The number of nitrogens with zero attached hydrogens (tertiary/aromatic N) is 2. The highest BCUT2D eigenvalue weighted by molar-refractivity contribution is 6.31. The van der Waals surface area contributed by atoms with Gasteiger partial charge in [-0.3, -0.25) is 19.9 Å². The van der Waals surface area contributed by atoms with Gasteiger partial charge in [0, 0.05) is 36.0 Å². The summed E-state index contributed by atoms with van der Waals surface area (Å²) in [5.74, 6) is -3.28. The van der Waals surface area contributed by atoms with Gasteiger partial charge >= 0.3 is 6.09 Å². The van der Waals surface area contributed by atoms with Crippen molar-refractivity contribution in [1.29, 1.82) is 0 Å². The number of fused-ring (bicyclic) bond motifs is 4. The minimum Gasteiger partial charge on any atom is -0.465 e. The van der Waals surface area contributed by atoms with Crippen LogP contribution in [0.1, 0.15) is 43.5 Å². The van der Waals surface area contributed by atoms with Crippen molar-refractivity contribution in [3.8, 4) is 11.1 Å². The van der Waals surface area contributed by atoms with E-state index < -0.39 is 41.7 Å². The Labute approximate surface area is 244 Å². The average Bonchev–Trinajstić information content (AvgIpc) is 2.94. The van der Waals surface area contributed by atoms with Gasteiger partial charge in [0.1, 0.15) is 5.82 Å². The molecule has 0 saturated heterocycles. The van der Waals surface area contributed by atoms with Crippen molar-refractivity contribution in [2.45, 2.75) is 38.3 Å². The van der Waals surface area contributed by atoms with Gasteiger partial charge in [-0.25, -0.2) is 13.6 Å². The number of carbonyl (C=O) groups is 3. The molecule has 2 bridgehead atoms. The van der Waals surface area contributed by atoms with Crippen molar-refractivity contribution >= 4 is 46.5 Å². The Morgan fingerprint density at radius 1 is 1.14 bits per heavy atom. The molecule has 2 aromatic carbocycles. The SMILES string of the molecule is C[C@@H]1CC(O)C[C@H](N2CCC(c3c(F)ccc(Cl)c3F)=CC2=O)c2cc(ccn2)-c2ccc(NC(=O)O)cc2NC1=O. The summed E-state index contributed by atoms with van der Waals surface area (Å²) >= 11 is 5.86. The summed E-state index contributed by atoms with van der Waals surface area (Å²) in [7, 11) is 0. The minimum atomic E-state index is -1.26. The number of carboxylic acid groups (broad SMARTS) is 1. The molecule has 0 radical (unpaired) electrons. The normalized spacial score (nSPS) is 20.9. The van der Waals surface area contributed by atoms with Crippen molar-refractivity contribution in [3.05, 3.63) is 82.7 Å². The zero-order valence-electron chi connectivity index (χ0n) is 22.4. The van der Waals surface area contributed by atoms with Gasteiger partial charge in [-0.15, -0.1) is 0 Å². The van der Waals surface area contributed by atoms with Crippen LogP contribution < -0.4 is 10.6 Å². The van der Waals surface area contributed by atoms with Crippen LogP contribution >= 0.6 is 11.6 Å². The molecule has 12 heteroatoms. The van der Waals surface area contributed by atoms with Gasteiger partial charge in [0.15, 0.2) is 5.82 Å². The number of nitrogens with one attached hydrogen (secondary N) is 2. The highest BCUT2D eigenvalue weighted by Crippen LogP contribution is 2.38. The molecule has 5 rings (SSSR count). The molecule has 0 spiro atoms. The first-order chi connectivity index (χ1) is 20.0. The van der Waals surface area contributed by atoms with Crippen LogP contribution in [0, 0.1) is 17.6 Å². The second kappa shape index (κ2) is 11.9. The maximum absolute atomic E-state index is 14.7. The molecule has 0 saturated carbocycles. The van der Waals surface area contributed by atoms with Gasteiger partial charge in [-0.2, -0.15) is 0 Å². The maximum atomic E-state index is 14.7. The quantitative estimate of drug-likeness (QED) is 0.280. The molecular formula is C30H27ClF2N4O5. The summed E-state index contributed by atoms with van der Waals surface area (Å²) in [6.07, 6.45) is 0.734. The van der Waals surface area contributed by atoms with Crippen LogP contribution in [0.5, 0.6) is 0 Å². The highest BCUT2D eigenvalue weighted by Gasteiger charge is 2.33. The van der Waals surface area contributed by atoms with E-state index >= 15 is 0 Å². The van der Waals surface area contributed by atoms with Crippen LogP contribution in [0.3, 0.4) is 0 Å². The summed E-state index contributed by atoms with van der Waals surface area (Å²) in [4.78, 5) is 43.7. The smallest absolute Gasteiger partial charge is 0.409 e. The topological polar surface area (TPSA) is 132 Å². The number of carbonyl (C=O) groups excluding carboxylic acids is 2. The number of aromatic nitrogens is 1. The summed E-state index contributed by atoms with van der Waals surface area (Å²) in [6, 6.07) is 9.61. The predicted octanol–water partition coefficient (Wildman–Crippen LogP) is 5.86. The molecule has 3 atom stereocenters. The first-order valence-corrected chi connectivity index (χ1v) is 13.6. The van der Waals surface area contributed by atoms with E-state index in [1.807, 2.05) is 0 Å². The first-order valence-electron chi connectivity index (χ1n) is 13.3. The third-order valence-electron chi connectivity index (χ3n) is 7.47. The van der Waals surface area contributed by atoms with E-state index in [2.05, 4.69) is 15.6 Å². The lowest BCUT2D eigenvalue weighted by Crippen LogP contribution is -2.39. The number of hydrogen-bond donors (Lipinski definition) is 4. The van der Waals surface area contributed by atoms with E-state index in [-0.39, 0.29) is 53.6 Å². The van der Waals surface area contributed by atoms with Crippen LogP contribution in [0.2, 0.25) is 5.02 Å². The minimum absolute atomic E-state index is 0.0667. The number of hydrogen-bond acceptors (Lipinski definition) is 5. The number of pyridine rings is 1. The number of anilines is 2. The zero-order chi connectivity index (χ0) is 30.1. The van der Waals surface area contributed by atoms with Gasteiger partial charge in [-0.05, 0) is 66.8 Å². The highest BCUT2D eigenvalue weighted by atomic mass is 35.5. The lowest BCUT2D eigenvalue weighted by atomic mass is 9.91. The molecule has 218 valence electrons. The van der Waals surface area contributed by atoms with Crippen LogP contribution in [0.25, 0.3) is 16.7 Å². The fourth-order valence-corrected chi connectivity index (χ4v) is 5.57. The number of halogens is 3. The molecule has 0 fully saturated rings. The van der Waals surface area contributed by atoms with E-state index in [4.69, 9.17) is 16.7 Å². The number of benzene rings is 2. The maximum Gasteiger partial charge on any atom is 0.409 e. The number of rotatable bonds is 3. The summed E-state index contributed by atoms with van der Waals surface area (Å²) in [6.45, 7) is 1.75. The van der Waals surface area contributed by atoms with Crippen molar-refractivity contribution in [1.82, 2.24) is 9.88 Å². The first kappa shape index (κ1) is 29.2. The second-order valence-electron chi connectivity index (χ2n) is 10.4. The van der Waals surface area contributed by atoms with E-state index in [0.29, 0.717) is 22.5 Å². The van der Waals surface area contributed by atoms with Crippen LogP contribution in [-0.2, 0) is 9.59 Å². The molecule has 3 amide bonds. The van der Waals surface area contributed by atoms with Gasteiger partial charge in [-0.1, -0.05) is 24.6 Å². The Morgan fingerprint density at radius 2 is 1.93 bits per heavy atom. The molecule has 1 unspecified atom stereocenters. The monoisotopic (exact) mass is 596 g/mol. The fraction of sp³-hybridized carbons (Fsp3) is 0.267. The average molecular weight is 597 g/mol. The van der Waals surface area contributed by atoms with Crippen molar-refractivity contribution in [3.63, 3.8) is 0 Å². The third-order valence-corrected chi connectivity index (χ3v) is 7.77. The lowest BCUT2D eigenvalue weighted by molar-refractivity contribution is -0.130. The van der Waals surface area contributed by atoms with Crippen molar-refractivity contribution < 1.29 is 33.4 Å². The van der Waals surface area contributed by atoms with E-state index in [1.54, 1.807) is 37.4 Å². The standard InChI is InChI=1S/C30H27ClF2N4O5/c1-15-10-19(38)14-25(37-9-7-17(12-26(37)39)27-22(32)5-4-21(31)28(27)33)24-11-16(6-8-34-24)20-3-2-18(35-30(41)42)13-23(20)36-29(15)40/h2-6,8,11-13,15,19,25,35,38H,7,9-10,14H2,1H3,(H,36,40)(H,41,42)/t15-,19?,25+/m1/s1. The molecule has 2 aliphatic heterocycles. The Balaban J connectivity index is 1.56. The molecule has 0 aliphatic carbocycles. The Bertz CT molecular complexity index is 1610. The number of aliphatic hydroxyl groups excluding tert-OH is 1. The van der Waals surface area contributed by atoms with Crippen molar-refractivity contribution in [2.75, 3.05) is 17.2 Å². The summed E-state index contributed by atoms with van der Waals surface area (Å²) in [5, 5.41) is 25.0.